The maximum Gasteiger partial charge on any atom is 0.346 e. The number of fused-ring (bicyclic) bond motifs is 3. The molecule has 2 atom stereocenters. The fourth-order valence-corrected chi connectivity index (χ4v) is 2.28. The van der Waals surface area contributed by atoms with Gasteiger partial charge in [0.05, 0.1) is 0 Å². The van der Waals surface area contributed by atoms with Gasteiger partial charge in [-0.05, 0) is 0 Å². The van der Waals surface area contributed by atoms with Gasteiger partial charge in [0.15, 0.2) is 0 Å². The van der Waals surface area contributed by atoms with E-state index in [2.05, 4.69) is 10.3 Å². The Bertz CT molecular complexity index is 542. The van der Waals surface area contributed by atoms with Crippen LogP contribution < -0.4 is 16.0 Å². The van der Waals surface area contributed by atoms with Gasteiger partial charge in [-0.25, -0.2) is 10.3 Å². The lowest BCUT2D eigenvalue weighted by molar-refractivity contribution is -0.633. The van der Waals surface area contributed by atoms with E-state index in [1.807, 2.05) is 0 Å². The molecule has 0 spiro atoms. The highest BCUT2D eigenvalue weighted by atomic mass is 16.4. The molecule has 6 nitrogen and oxygen atoms in total. The van der Waals surface area contributed by atoms with Crippen LogP contribution in [0.1, 0.15) is 15.9 Å². The molecule has 0 aromatic heterocycles. The summed E-state index contributed by atoms with van der Waals surface area (Å²) in [7, 11) is 0. The highest BCUT2D eigenvalue weighted by molar-refractivity contribution is 6.09. The maximum absolute atomic E-state index is 12.0. The molecule has 0 fully saturated rings. The van der Waals surface area contributed by atoms with Crippen LogP contribution in [0.5, 0.6) is 0 Å². The lowest BCUT2D eigenvalue weighted by Crippen LogP contribution is -2.87. The van der Waals surface area contributed by atoms with E-state index in [4.69, 9.17) is 5.73 Å². The summed E-state index contributed by atoms with van der Waals surface area (Å²) >= 11 is 0. The highest BCUT2D eigenvalue weighted by Gasteiger charge is 2.70. The predicted octanol–water partition coefficient (Wildman–Crippen LogP) is -3.28. The van der Waals surface area contributed by atoms with Crippen LogP contribution in [0, 0.1) is 0 Å². The van der Waals surface area contributed by atoms with Crippen molar-refractivity contribution in [2.24, 2.45) is 5.73 Å². The number of aliphatic hydroxyl groups is 2. The van der Waals surface area contributed by atoms with Gasteiger partial charge in [-0.3, -0.25) is 10.5 Å². The largest absolute Gasteiger partial charge is 0.350 e. The molecule has 1 aliphatic carbocycles. The van der Waals surface area contributed by atoms with Gasteiger partial charge in [-0.15, -0.1) is 0 Å². The lowest BCUT2D eigenvalue weighted by atomic mass is 10.0. The minimum absolute atomic E-state index is 0.0344. The van der Waals surface area contributed by atoms with Crippen molar-refractivity contribution in [3.05, 3.63) is 35.4 Å². The zero-order valence-corrected chi connectivity index (χ0v) is 8.19. The first kappa shape index (κ1) is 9.32. The molecular weight excluding hydrogens is 210 g/mol. The van der Waals surface area contributed by atoms with Crippen molar-refractivity contribution in [2.75, 3.05) is 0 Å². The van der Waals surface area contributed by atoms with E-state index in [1.165, 1.54) is 0 Å². The zero-order valence-electron chi connectivity index (χ0n) is 8.19. The molecule has 0 bridgehead atoms. The number of hydrogen-bond donors (Lipinski definition) is 5. The van der Waals surface area contributed by atoms with Crippen molar-refractivity contribution in [2.45, 2.75) is 11.4 Å². The summed E-state index contributed by atoms with van der Waals surface area (Å²) in [6, 6.07) is 6.45. The summed E-state index contributed by atoms with van der Waals surface area (Å²) < 4.78 is 0. The number of nitrogens with one attached hydrogen (secondary N) is 2. The van der Waals surface area contributed by atoms with Crippen LogP contribution in [0.25, 0.3) is 0 Å². The van der Waals surface area contributed by atoms with Gasteiger partial charge in [0, 0.05) is 11.1 Å². The summed E-state index contributed by atoms with van der Waals surface area (Å²) in [5.41, 5.74) is 2.01. The normalized spacial score (nSPS) is 35.4. The molecule has 0 saturated carbocycles. The van der Waals surface area contributed by atoms with Gasteiger partial charge in [0.1, 0.15) is 0 Å². The van der Waals surface area contributed by atoms with Crippen molar-refractivity contribution in [3.8, 4) is 0 Å². The van der Waals surface area contributed by atoms with Crippen LogP contribution in [0.3, 0.4) is 0 Å². The molecule has 1 heterocycles. The Labute approximate surface area is 90.4 Å². The zero-order chi connectivity index (χ0) is 11.6. The number of carbonyl (C=O) groups is 1. The molecule has 1 aliphatic heterocycles. The molecule has 0 saturated heterocycles. The third-order valence-electron chi connectivity index (χ3n) is 3.04. The molecule has 0 radical (unpaired) electrons. The second-order valence-corrected chi connectivity index (χ2v) is 3.96. The number of guanidine groups is 1. The molecule has 2 aliphatic rings. The number of benzene rings is 1. The van der Waals surface area contributed by atoms with E-state index in [0.29, 0.717) is 5.56 Å². The number of hydrogen-bond acceptors (Lipinski definition) is 5. The molecule has 16 heavy (non-hydrogen) atoms. The molecule has 0 amide bonds. The van der Waals surface area contributed by atoms with Crippen LogP contribution in [0.15, 0.2) is 24.3 Å². The van der Waals surface area contributed by atoms with E-state index < -0.39 is 17.2 Å². The average molecular weight is 220 g/mol. The average Bonchev–Trinajstić information content (AvgIpc) is 2.57. The summed E-state index contributed by atoms with van der Waals surface area (Å²) in [6.07, 6.45) is 0. The van der Waals surface area contributed by atoms with Gasteiger partial charge in [-0.2, -0.15) is 0 Å². The van der Waals surface area contributed by atoms with Gasteiger partial charge < -0.3 is 10.2 Å². The van der Waals surface area contributed by atoms with Crippen molar-refractivity contribution >= 4 is 11.7 Å². The highest BCUT2D eigenvalue weighted by Crippen LogP contribution is 2.38. The molecule has 0 unspecified atom stereocenters. The Balaban J connectivity index is 2.34. The molecule has 3 rings (SSSR count). The van der Waals surface area contributed by atoms with E-state index in [0.717, 1.165) is 0 Å². The Hall–Kier alpha value is -1.92. The van der Waals surface area contributed by atoms with Crippen LogP contribution in [0.2, 0.25) is 0 Å². The minimum atomic E-state index is -2.12. The van der Waals surface area contributed by atoms with Gasteiger partial charge in [0.2, 0.25) is 5.78 Å². The third-order valence-corrected chi connectivity index (χ3v) is 3.04. The first-order chi connectivity index (χ1) is 7.49. The predicted molar refractivity (Wildman–Crippen MR) is 52.9 cm³/mol. The smallest absolute Gasteiger partial charge is 0.346 e. The van der Waals surface area contributed by atoms with Crippen LogP contribution >= 0.6 is 0 Å². The monoisotopic (exact) mass is 220 g/mol. The Morgan fingerprint density at radius 1 is 1.31 bits per heavy atom. The Morgan fingerprint density at radius 2 is 2.00 bits per heavy atom. The second-order valence-electron chi connectivity index (χ2n) is 3.96. The maximum atomic E-state index is 12.0. The van der Waals surface area contributed by atoms with E-state index >= 15 is 0 Å². The third kappa shape index (κ3) is 0.763. The van der Waals surface area contributed by atoms with E-state index in [-0.39, 0.29) is 11.5 Å². The number of ketones is 1. The SMILES string of the molecule is NC1=[NH+][C@]2(O)c3ccccc3C(=O)[C@@]2(O)N1. The van der Waals surface area contributed by atoms with E-state index in [1.54, 1.807) is 24.3 Å². The molecule has 1 aromatic rings. The molecule has 1 aromatic carbocycles. The molecule has 6 N–H and O–H groups in total. The van der Waals surface area contributed by atoms with Gasteiger partial charge in [-0.1, -0.05) is 24.3 Å². The fraction of sp³-hybridized carbons (Fsp3) is 0.200. The quantitative estimate of drug-likeness (QED) is 0.315. The molecular formula is C10H10N3O3+. The molecule has 82 valence electrons. The summed E-state index contributed by atoms with van der Waals surface area (Å²) in [6.45, 7) is 0. The van der Waals surface area contributed by atoms with E-state index in [9.17, 15) is 15.0 Å². The lowest BCUT2D eigenvalue weighted by Gasteiger charge is -2.23. The second kappa shape index (κ2) is 2.42. The summed E-state index contributed by atoms with van der Waals surface area (Å²) in [5, 5.41) is 22.9. The minimum Gasteiger partial charge on any atom is -0.350 e. The standard InChI is InChI=1S/C10H9N3O3/c11-8-12-9(15)6-4-2-1-3-5(6)7(14)10(9,16)13-8/h1-4,15-16H,(H3,11,12,13)/p+1/t9-,10-/m0/s1. The summed E-state index contributed by atoms with van der Waals surface area (Å²) in [5.74, 6) is -0.633. The first-order valence-electron chi connectivity index (χ1n) is 4.77. The number of nitrogens with two attached hydrogens (primary N) is 1. The fourth-order valence-electron chi connectivity index (χ4n) is 2.28. The number of carbonyl (C=O) groups excluding carboxylic acids is 1. The van der Waals surface area contributed by atoms with Crippen molar-refractivity contribution in [1.29, 1.82) is 0 Å². The Kier molecular flexibility index (Phi) is 1.41. The number of rotatable bonds is 0. The number of Topliss-reactive ketones (excluding diaryl/α,β-unsaturated/α-hetero) is 1. The van der Waals surface area contributed by atoms with Crippen molar-refractivity contribution in [3.63, 3.8) is 0 Å². The van der Waals surface area contributed by atoms with Crippen LogP contribution in [-0.2, 0) is 5.72 Å². The van der Waals surface area contributed by atoms with Crippen molar-refractivity contribution in [1.82, 2.24) is 5.32 Å². The van der Waals surface area contributed by atoms with Crippen LogP contribution in [-0.4, -0.2) is 27.7 Å². The molecule has 6 heteroatoms. The van der Waals surface area contributed by atoms with Gasteiger partial charge >= 0.3 is 11.7 Å². The summed E-state index contributed by atoms with van der Waals surface area (Å²) in [4.78, 5) is 14.5. The van der Waals surface area contributed by atoms with Crippen molar-refractivity contribution < 1.29 is 20.0 Å². The van der Waals surface area contributed by atoms with Gasteiger partial charge in [0.25, 0.3) is 5.72 Å². The Morgan fingerprint density at radius 3 is 2.75 bits per heavy atom. The first-order valence-corrected chi connectivity index (χ1v) is 4.77. The van der Waals surface area contributed by atoms with Crippen LogP contribution in [0.4, 0.5) is 0 Å². The topological polar surface area (TPSA) is 110 Å².